The molecule has 0 spiro atoms. The van der Waals surface area contributed by atoms with Crippen molar-refractivity contribution in [3.05, 3.63) is 28.0 Å². The van der Waals surface area contributed by atoms with E-state index < -0.39 is 5.60 Å². The van der Waals surface area contributed by atoms with Crippen molar-refractivity contribution in [3.63, 3.8) is 0 Å². The fourth-order valence-electron chi connectivity index (χ4n) is 1.53. The number of hydrogen-bond acceptors (Lipinski definition) is 3. The van der Waals surface area contributed by atoms with Gasteiger partial charge in [-0.15, -0.1) is 0 Å². The number of aryl methyl sites for hydroxylation is 1. The van der Waals surface area contributed by atoms with Gasteiger partial charge in [0.2, 0.25) is 0 Å². The maximum atomic E-state index is 13.2. The monoisotopic (exact) mass is 331 g/mol. The summed E-state index contributed by atoms with van der Waals surface area (Å²) in [4.78, 5) is 11.5. The van der Waals surface area contributed by atoms with E-state index in [1.165, 1.54) is 6.07 Å². The zero-order valence-corrected chi connectivity index (χ0v) is 13.2. The molecule has 0 saturated carbocycles. The molecule has 0 unspecified atom stereocenters. The van der Waals surface area contributed by atoms with E-state index in [0.29, 0.717) is 11.0 Å². The lowest BCUT2D eigenvalue weighted by atomic mass is 10.2. The van der Waals surface area contributed by atoms with Gasteiger partial charge in [0, 0.05) is 12.2 Å². The number of nitrogens with one attached hydrogen (secondary N) is 1. The van der Waals surface area contributed by atoms with E-state index in [-0.39, 0.29) is 18.2 Å². The first-order valence-electron chi connectivity index (χ1n) is 6.10. The highest BCUT2D eigenvalue weighted by molar-refractivity contribution is 9.10. The smallest absolute Gasteiger partial charge is 0.308 e. The van der Waals surface area contributed by atoms with Crippen molar-refractivity contribution < 1.29 is 13.9 Å². The van der Waals surface area contributed by atoms with Gasteiger partial charge in [-0.3, -0.25) is 4.79 Å². The molecule has 0 fully saturated rings. The molecule has 0 heterocycles. The summed E-state index contributed by atoms with van der Waals surface area (Å²) >= 11 is 3.13. The molecule has 0 atom stereocenters. The molecule has 1 aromatic carbocycles. The van der Waals surface area contributed by atoms with Crippen molar-refractivity contribution in [2.24, 2.45) is 0 Å². The van der Waals surface area contributed by atoms with Crippen LogP contribution in [0.25, 0.3) is 0 Å². The Hall–Kier alpha value is -1.10. The second kappa shape index (κ2) is 6.37. The lowest BCUT2D eigenvalue weighted by Crippen LogP contribution is -2.25. The Bertz CT molecular complexity index is 469. The molecule has 19 heavy (non-hydrogen) atoms. The molecule has 0 radical (unpaired) electrons. The number of halogens is 2. The molecular weight excluding hydrogens is 313 g/mol. The van der Waals surface area contributed by atoms with Crippen molar-refractivity contribution >= 4 is 27.6 Å². The van der Waals surface area contributed by atoms with Crippen molar-refractivity contribution in [2.45, 2.75) is 39.7 Å². The normalized spacial score (nSPS) is 11.3. The molecule has 106 valence electrons. The standard InChI is InChI=1S/C14H19BrFNO2/c1-9-7-11(16)10(15)8-12(9)17-6-5-13(18)19-14(2,3)4/h7-8,17H,5-6H2,1-4H3. The SMILES string of the molecule is Cc1cc(F)c(Br)cc1NCCC(=O)OC(C)(C)C. The van der Waals surface area contributed by atoms with E-state index in [9.17, 15) is 9.18 Å². The van der Waals surface area contributed by atoms with E-state index >= 15 is 0 Å². The van der Waals surface area contributed by atoms with E-state index in [1.54, 1.807) is 6.07 Å². The summed E-state index contributed by atoms with van der Waals surface area (Å²) in [6, 6.07) is 3.11. The van der Waals surface area contributed by atoms with Gasteiger partial charge in [0.15, 0.2) is 0 Å². The minimum atomic E-state index is -0.466. The number of ether oxygens (including phenoxy) is 1. The predicted molar refractivity (Wildman–Crippen MR) is 77.8 cm³/mol. The van der Waals surface area contributed by atoms with Crippen LogP contribution >= 0.6 is 15.9 Å². The quantitative estimate of drug-likeness (QED) is 0.846. The average molecular weight is 332 g/mol. The van der Waals surface area contributed by atoms with Gasteiger partial charge < -0.3 is 10.1 Å². The van der Waals surface area contributed by atoms with Crippen LogP contribution in [0.3, 0.4) is 0 Å². The van der Waals surface area contributed by atoms with Gasteiger partial charge in [0.1, 0.15) is 11.4 Å². The number of anilines is 1. The number of rotatable bonds is 4. The molecule has 1 rings (SSSR count). The number of carbonyl (C=O) groups excluding carboxylic acids is 1. The predicted octanol–water partition coefficient (Wildman–Crippen LogP) is 4.04. The average Bonchev–Trinajstić information content (AvgIpc) is 2.22. The van der Waals surface area contributed by atoms with Crippen LogP contribution in [-0.2, 0) is 9.53 Å². The lowest BCUT2D eigenvalue weighted by Gasteiger charge is -2.19. The van der Waals surface area contributed by atoms with E-state index in [0.717, 1.165) is 11.3 Å². The van der Waals surface area contributed by atoms with Gasteiger partial charge in [-0.25, -0.2) is 4.39 Å². The van der Waals surface area contributed by atoms with Gasteiger partial charge in [0.25, 0.3) is 0 Å². The summed E-state index contributed by atoms with van der Waals surface area (Å²) in [7, 11) is 0. The maximum Gasteiger partial charge on any atom is 0.308 e. The summed E-state index contributed by atoms with van der Waals surface area (Å²) in [5.41, 5.74) is 1.13. The lowest BCUT2D eigenvalue weighted by molar-refractivity contribution is -0.154. The Morgan fingerprint density at radius 2 is 2.05 bits per heavy atom. The Kier molecular flexibility index (Phi) is 5.35. The van der Waals surface area contributed by atoms with Crippen LogP contribution in [-0.4, -0.2) is 18.1 Å². The summed E-state index contributed by atoms with van der Waals surface area (Å²) < 4.78 is 18.8. The molecule has 0 amide bonds. The Labute approximate surface area is 121 Å². The van der Waals surface area contributed by atoms with Crippen LogP contribution in [0.1, 0.15) is 32.8 Å². The van der Waals surface area contributed by atoms with Gasteiger partial charge in [-0.2, -0.15) is 0 Å². The number of carbonyl (C=O) groups is 1. The third kappa shape index (κ3) is 5.59. The van der Waals surface area contributed by atoms with Gasteiger partial charge >= 0.3 is 5.97 Å². The third-order valence-corrected chi connectivity index (χ3v) is 2.94. The fraction of sp³-hybridized carbons (Fsp3) is 0.500. The first-order valence-corrected chi connectivity index (χ1v) is 6.90. The van der Waals surface area contributed by atoms with Crippen molar-refractivity contribution in [2.75, 3.05) is 11.9 Å². The molecular formula is C14H19BrFNO2. The fourth-order valence-corrected chi connectivity index (χ4v) is 1.87. The molecule has 0 bridgehead atoms. The molecule has 0 aliphatic carbocycles. The second-order valence-electron chi connectivity index (χ2n) is 5.34. The molecule has 0 aliphatic heterocycles. The first-order chi connectivity index (χ1) is 8.69. The zero-order chi connectivity index (χ0) is 14.6. The topological polar surface area (TPSA) is 38.3 Å². The zero-order valence-electron chi connectivity index (χ0n) is 11.6. The van der Waals surface area contributed by atoms with Crippen molar-refractivity contribution in [1.82, 2.24) is 0 Å². The molecule has 5 heteroatoms. The number of hydrogen-bond donors (Lipinski definition) is 1. The molecule has 1 N–H and O–H groups in total. The van der Waals surface area contributed by atoms with Crippen LogP contribution in [0.15, 0.2) is 16.6 Å². The number of benzene rings is 1. The van der Waals surface area contributed by atoms with Crippen LogP contribution in [0.2, 0.25) is 0 Å². The summed E-state index contributed by atoms with van der Waals surface area (Å²) in [5.74, 6) is -0.547. The van der Waals surface area contributed by atoms with Gasteiger partial charge in [-0.05, 0) is 61.3 Å². The van der Waals surface area contributed by atoms with E-state index in [4.69, 9.17) is 4.74 Å². The van der Waals surface area contributed by atoms with Crippen molar-refractivity contribution in [1.29, 1.82) is 0 Å². The highest BCUT2D eigenvalue weighted by Gasteiger charge is 2.15. The minimum absolute atomic E-state index is 0.251. The number of esters is 1. The second-order valence-corrected chi connectivity index (χ2v) is 6.20. The first kappa shape index (κ1) is 16.0. The van der Waals surface area contributed by atoms with E-state index in [2.05, 4.69) is 21.2 Å². The molecule has 3 nitrogen and oxygen atoms in total. The molecule has 1 aromatic rings. The Balaban J connectivity index is 2.50. The van der Waals surface area contributed by atoms with Crippen LogP contribution < -0.4 is 5.32 Å². The molecule has 0 saturated heterocycles. The summed E-state index contributed by atoms with van der Waals surface area (Å²) in [5, 5.41) is 3.10. The summed E-state index contributed by atoms with van der Waals surface area (Å²) in [6.45, 7) is 7.76. The Morgan fingerprint density at radius 1 is 1.42 bits per heavy atom. The maximum absolute atomic E-state index is 13.2. The highest BCUT2D eigenvalue weighted by atomic mass is 79.9. The minimum Gasteiger partial charge on any atom is -0.460 e. The molecule has 0 aromatic heterocycles. The highest BCUT2D eigenvalue weighted by Crippen LogP contribution is 2.24. The van der Waals surface area contributed by atoms with Crippen LogP contribution in [0, 0.1) is 12.7 Å². The van der Waals surface area contributed by atoms with Gasteiger partial charge in [-0.1, -0.05) is 0 Å². The van der Waals surface area contributed by atoms with Crippen molar-refractivity contribution in [3.8, 4) is 0 Å². The largest absolute Gasteiger partial charge is 0.460 e. The van der Waals surface area contributed by atoms with Crippen LogP contribution in [0.5, 0.6) is 0 Å². The van der Waals surface area contributed by atoms with E-state index in [1.807, 2.05) is 27.7 Å². The van der Waals surface area contributed by atoms with Gasteiger partial charge in [0.05, 0.1) is 10.9 Å². The third-order valence-electron chi connectivity index (χ3n) is 2.33. The molecule has 0 aliphatic rings. The van der Waals surface area contributed by atoms with Crippen LogP contribution in [0.4, 0.5) is 10.1 Å². The Morgan fingerprint density at radius 3 is 2.63 bits per heavy atom. The summed E-state index contributed by atoms with van der Waals surface area (Å²) in [6.07, 6.45) is 0.270.